The summed E-state index contributed by atoms with van der Waals surface area (Å²) in [5.41, 5.74) is -0.255. The van der Waals surface area contributed by atoms with E-state index >= 15 is 0 Å². The molecule has 1 aliphatic heterocycles. The molecular weight excluding hydrogens is 356 g/mol. The average Bonchev–Trinajstić information content (AvgIpc) is 3.12. The van der Waals surface area contributed by atoms with Crippen molar-refractivity contribution in [3.8, 4) is 0 Å². The van der Waals surface area contributed by atoms with E-state index in [4.69, 9.17) is 0 Å². The molecule has 6 heteroatoms. The van der Waals surface area contributed by atoms with Crippen molar-refractivity contribution < 1.29 is 19.5 Å². The highest BCUT2D eigenvalue weighted by Gasteiger charge is 2.56. The van der Waals surface area contributed by atoms with Crippen LogP contribution in [-0.2, 0) is 14.4 Å². The Hall–Kier alpha value is -1.85. The Labute approximate surface area is 166 Å². The zero-order valence-corrected chi connectivity index (χ0v) is 16.7. The van der Waals surface area contributed by atoms with Gasteiger partial charge in [0.1, 0.15) is 12.1 Å². The number of aliphatic carboxylic acids is 1. The number of nitrogens with zero attached hydrogens (tertiary/aromatic N) is 1. The van der Waals surface area contributed by atoms with E-state index in [0.717, 1.165) is 25.7 Å². The Kier molecular flexibility index (Phi) is 5.23. The molecule has 4 saturated carbocycles. The number of nitrogens with one attached hydrogen (secondary N) is 1. The smallest absolute Gasteiger partial charge is 0.326 e. The van der Waals surface area contributed by atoms with E-state index in [-0.39, 0.29) is 23.7 Å². The molecule has 0 aromatic carbocycles. The number of allylic oxidation sites excluding steroid dienone is 1. The molecule has 0 aromatic rings. The predicted molar refractivity (Wildman–Crippen MR) is 104 cm³/mol. The van der Waals surface area contributed by atoms with Crippen molar-refractivity contribution in [3.05, 3.63) is 12.2 Å². The number of hydrogen-bond acceptors (Lipinski definition) is 3. The maximum atomic E-state index is 13.6. The Morgan fingerprint density at radius 3 is 2.29 bits per heavy atom. The van der Waals surface area contributed by atoms with Gasteiger partial charge in [-0.05, 0) is 82.5 Å². The van der Waals surface area contributed by atoms with Gasteiger partial charge in [-0.3, -0.25) is 9.59 Å². The summed E-state index contributed by atoms with van der Waals surface area (Å²) >= 11 is 0. The molecule has 2 unspecified atom stereocenters. The Morgan fingerprint density at radius 1 is 1.14 bits per heavy atom. The van der Waals surface area contributed by atoms with E-state index in [1.54, 1.807) is 17.1 Å². The van der Waals surface area contributed by atoms with Crippen LogP contribution in [0.5, 0.6) is 0 Å². The van der Waals surface area contributed by atoms with Crippen molar-refractivity contribution in [3.63, 3.8) is 0 Å². The van der Waals surface area contributed by atoms with Crippen LogP contribution in [0, 0.1) is 23.2 Å². The first-order valence-electron chi connectivity index (χ1n) is 10.9. The molecule has 1 heterocycles. The van der Waals surface area contributed by atoms with Crippen molar-refractivity contribution in [1.82, 2.24) is 10.2 Å². The lowest BCUT2D eigenvalue weighted by Gasteiger charge is -2.56. The van der Waals surface area contributed by atoms with Gasteiger partial charge in [-0.1, -0.05) is 12.2 Å². The van der Waals surface area contributed by atoms with Crippen molar-refractivity contribution in [2.24, 2.45) is 23.2 Å². The third kappa shape index (κ3) is 3.46. The van der Waals surface area contributed by atoms with E-state index in [1.165, 1.54) is 19.3 Å². The van der Waals surface area contributed by atoms with Crippen LogP contribution in [0.15, 0.2) is 12.2 Å². The van der Waals surface area contributed by atoms with Crippen LogP contribution in [0.25, 0.3) is 0 Å². The summed E-state index contributed by atoms with van der Waals surface area (Å²) in [7, 11) is 0. The van der Waals surface area contributed by atoms with Gasteiger partial charge in [0.15, 0.2) is 0 Å². The predicted octanol–water partition coefficient (Wildman–Crippen LogP) is 2.73. The van der Waals surface area contributed by atoms with Gasteiger partial charge >= 0.3 is 5.97 Å². The minimum atomic E-state index is -1.04. The van der Waals surface area contributed by atoms with E-state index in [1.807, 2.05) is 6.92 Å². The molecule has 1 saturated heterocycles. The fraction of sp³-hybridized carbons (Fsp3) is 0.773. The molecule has 2 amide bonds. The summed E-state index contributed by atoms with van der Waals surface area (Å²) in [5.74, 6) is 0.868. The number of likely N-dealkylation sites (tertiary alicyclic amines) is 1. The number of carbonyl (C=O) groups excluding carboxylic acids is 2. The van der Waals surface area contributed by atoms with Crippen molar-refractivity contribution >= 4 is 17.8 Å². The monoisotopic (exact) mass is 388 g/mol. The number of carbonyl (C=O) groups is 3. The van der Waals surface area contributed by atoms with Crippen LogP contribution in [0.2, 0.25) is 0 Å². The van der Waals surface area contributed by atoms with Gasteiger partial charge in [-0.2, -0.15) is 0 Å². The minimum absolute atomic E-state index is 0.171. The summed E-state index contributed by atoms with van der Waals surface area (Å²) < 4.78 is 0. The zero-order chi connectivity index (χ0) is 19.9. The second-order valence-electron chi connectivity index (χ2n) is 9.56. The van der Waals surface area contributed by atoms with Crippen LogP contribution >= 0.6 is 0 Å². The van der Waals surface area contributed by atoms with E-state index in [9.17, 15) is 19.5 Å². The number of rotatable bonds is 6. The van der Waals surface area contributed by atoms with Gasteiger partial charge in [0.2, 0.25) is 11.8 Å². The van der Waals surface area contributed by atoms with Gasteiger partial charge in [0, 0.05) is 6.54 Å². The molecule has 5 aliphatic rings. The highest BCUT2D eigenvalue weighted by molar-refractivity contribution is 5.92. The number of hydrogen-bond donors (Lipinski definition) is 2. The highest BCUT2D eigenvalue weighted by atomic mass is 16.4. The Morgan fingerprint density at radius 2 is 1.75 bits per heavy atom. The molecule has 4 bridgehead atoms. The topological polar surface area (TPSA) is 86.7 Å². The number of carboxylic acid groups (broad SMARTS) is 1. The molecular formula is C22H32N2O4. The van der Waals surface area contributed by atoms with Gasteiger partial charge in [-0.25, -0.2) is 4.79 Å². The Bertz CT molecular complexity index is 651. The summed E-state index contributed by atoms with van der Waals surface area (Å²) in [5, 5.41) is 12.1. The quantitative estimate of drug-likeness (QED) is 0.685. The Balaban J connectivity index is 1.46. The molecule has 5 rings (SSSR count). The molecule has 2 N–H and O–H groups in total. The summed E-state index contributed by atoms with van der Waals surface area (Å²) in [6.45, 7) is 2.44. The fourth-order valence-corrected chi connectivity index (χ4v) is 6.72. The first kappa shape index (κ1) is 19.5. The third-order valence-corrected chi connectivity index (χ3v) is 7.53. The number of amides is 2. The minimum Gasteiger partial charge on any atom is -0.480 e. The van der Waals surface area contributed by atoms with Crippen molar-refractivity contribution in [2.75, 3.05) is 6.54 Å². The van der Waals surface area contributed by atoms with Crippen LogP contribution in [0.3, 0.4) is 0 Å². The third-order valence-electron chi connectivity index (χ3n) is 7.53. The van der Waals surface area contributed by atoms with Crippen molar-refractivity contribution in [2.45, 2.75) is 76.8 Å². The van der Waals surface area contributed by atoms with Crippen LogP contribution in [0.4, 0.5) is 0 Å². The van der Waals surface area contributed by atoms with Crippen LogP contribution in [-0.4, -0.2) is 46.4 Å². The molecule has 0 aromatic heterocycles. The van der Waals surface area contributed by atoms with E-state index in [2.05, 4.69) is 5.32 Å². The molecule has 5 fully saturated rings. The van der Waals surface area contributed by atoms with Crippen molar-refractivity contribution in [1.29, 1.82) is 0 Å². The lowest BCUT2D eigenvalue weighted by Crippen LogP contribution is -2.58. The first-order valence-corrected chi connectivity index (χ1v) is 10.9. The molecule has 28 heavy (non-hydrogen) atoms. The standard InChI is InChI=1S/C22H32N2O4/c1-2-3-5-17(20(26)27)23-19(25)18-6-4-7-24(18)21(28)22-11-14-8-15(12-22)10-16(9-14)13-22/h2-3,14-18H,4-13H2,1H3,(H,23,25)(H,26,27)/b3-2+. The van der Waals surface area contributed by atoms with E-state index in [0.29, 0.717) is 30.7 Å². The van der Waals surface area contributed by atoms with Gasteiger partial charge in [0.05, 0.1) is 5.41 Å². The summed E-state index contributed by atoms with van der Waals surface area (Å²) in [4.78, 5) is 39.8. The lowest BCUT2D eigenvalue weighted by molar-refractivity contribution is -0.160. The lowest BCUT2D eigenvalue weighted by atomic mass is 9.49. The maximum Gasteiger partial charge on any atom is 0.326 e. The van der Waals surface area contributed by atoms with Gasteiger partial charge in [0.25, 0.3) is 0 Å². The normalized spacial score (nSPS) is 37.4. The summed E-state index contributed by atoms with van der Waals surface area (Å²) in [6, 6.07) is -1.46. The van der Waals surface area contributed by atoms with Crippen LogP contribution in [0.1, 0.15) is 64.7 Å². The van der Waals surface area contributed by atoms with Gasteiger partial charge in [-0.15, -0.1) is 0 Å². The van der Waals surface area contributed by atoms with Gasteiger partial charge < -0.3 is 15.3 Å². The molecule has 154 valence electrons. The largest absolute Gasteiger partial charge is 0.480 e. The number of carboxylic acids is 1. The maximum absolute atomic E-state index is 13.6. The second kappa shape index (κ2) is 7.53. The SMILES string of the molecule is C/C=C/CC(NC(=O)C1CCCN1C(=O)C12CC3CC(CC(C3)C1)C2)C(=O)O. The van der Waals surface area contributed by atoms with E-state index < -0.39 is 18.1 Å². The molecule has 0 radical (unpaired) electrons. The first-order chi connectivity index (χ1) is 13.4. The zero-order valence-electron chi connectivity index (χ0n) is 16.7. The highest BCUT2D eigenvalue weighted by Crippen LogP contribution is 2.60. The second-order valence-corrected chi connectivity index (χ2v) is 9.56. The fourth-order valence-electron chi connectivity index (χ4n) is 6.72. The average molecular weight is 389 g/mol. The molecule has 6 nitrogen and oxygen atoms in total. The molecule has 0 spiro atoms. The summed E-state index contributed by atoms with van der Waals surface area (Å²) in [6.07, 6.45) is 12.0. The van der Waals surface area contributed by atoms with Crippen LogP contribution < -0.4 is 5.32 Å². The molecule has 4 aliphatic carbocycles. The molecule has 2 atom stereocenters.